The fourth-order valence-corrected chi connectivity index (χ4v) is 3.90. The quantitative estimate of drug-likeness (QED) is 0.923. The van der Waals surface area contributed by atoms with Crippen molar-refractivity contribution in [2.24, 2.45) is 5.92 Å². The van der Waals surface area contributed by atoms with Crippen molar-refractivity contribution in [1.29, 1.82) is 0 Å². The molecule has 1 saturated carbocycles. The van der Waals surface area contributed by atoms with Crippen LogP contribution < -0.4 is 5.32 Å². The number of fused-ring (bicyclic) bond motifs is 1. The van der Waals surface area contributed by atoms with Crippen LogP contribution in [0.4, 0.5) is 0 Å². The van der Waals surface area contributed by atoms with Crippen LogP contribution in [0.15, 0.2) is 24.3 Å². The van der Waals surface area contributed by atoms with Gasteiger partial charge in [0.2, 0.25) is 0 Å². The average Bonchev–Trinajstić information content (AvgIpc) is 2.55. The van der Waals surface area contributed by atoms with E-state index in [1.54, 1.807) is 0 Å². The molecule has 1 fully saturated rings. The first kappa shape index (κ1) is 14.6. The van der Waals surface area contributed by atoms with Crippen LogP contribution in [0.2, 0.25) is 0 Å². The largest absolute Gasteiger partial charge is 0.337 e. The Morgan fingerprint density at radius 2 is 2.00 bits per heavy atom. The minimum atomic E-state index is 0.216. The third-order valence-electron chi connectivity index (χ3n) is 5.19. The van der Waals surface area contributed by atoms with Gasteiger partial charge in [-0.15, -0.1) is 0 Å². The number of carbonyl (C=O) groups is 1. The van der Waals surface area contributed by atoms with Gasteiger partial charge < -0.3 is 10.2 Å². The van der Waals surface area contributed by atoms with Crippen LogP contribution in [0.3, 0.4) is 0 Å². The van der Waals surface area contributed by atoms with Crippen molar-refractivity contribution in [3.8, 4) is 0 Å². The molecule has 3 nitrogen and oxygen atoms in total. The molecule has 1 aromatic carbocycles. The molecule has 1 unspecified atom stereocenters. The van der Waals surface area contributed by atoms with E-state index in [0.29, 0.717) is 6.04 Å². The van der Waals surface area contributed by atoms with Gasteiger partial charge in [-0.1, -0.05) is 37.5 Å². The van der Waals surface area contributed by atoms with Crippen LogP contribution in [0.25, 0.3) is 0 Å². The molecule has 0 saturated heterocycles. The first-order valence-electron chi connectivity index (χ1n) is 8.34. The van der Waals surface area contributed by atoms with Crippen molar-refractivity contribution < 1.29 is 4.79 Å². The zero-order valence-electron chi connectivity index (χ0n) is 13.0. The molecule has 1 aliphatic heterocycles. The zero-order chi connectivity index (χ0) is 14.7. The van der Waals surface area contributed by atoms with Gasteiger partial charge in [0.15, 0.2) is 0 Å². The van der Waals surface area contributed by atoms with Crippen molar-refractivity contribution >= 4 is 5.91 Å². The van der Waals surface area contributed by atoms with Gasteiger partial charge in [-0.05, 0) is 43.9 Å². The third kappa shape index (κ3) is 3.13. The molecule has 0 spiro atoms. The molecule has 1 aliphatic carbocycles. The number of hydrogen-bond acceptors (Lipinski definition) is 2. The Bertz CT molecular complexity index is 494. The highest BCUT2D eigenvalue weighted by atomic mass is 16.2. The Hall–Kier alpha value is -1.35. The summed E-state index contributed by atoms with van der Waals surface area (Å²) in [5.74, 6) is 0.946. The smallest absolute Gasteiger partial charge is 0.254 e. The van der Waals surface area contributed by atoms with Gasteiger partial charge in [-0.25, -0.2) is 0 Å². The molecule has 1 heterocycles. The summed E-state index contributed by atoms with van der Waals surface area (Å²) >= 11 is 0. The number of likely N-dealkylation sites (N-methyl/N-ethyl adjacent to an activating group) is 1. The highest BCUT2D eigenvalue weighted by molar-refractivity contribution is 5.96. The number of nitrogens with one attached hydrogen (secondary N) is 1. The van der Waals surface area contributed by atoms with Crippen LogP contribution in [-0.4, -0.2) is 37.0 Å². The van der Waals surface area contributed by atoms with Crippen molar-refractivity contribution in [3.63, 3.8) is 0 Å². The molecule has 1 aromatic rings. The zero-order valence-corrected chi connectivity index (χ0v) is 13.0. The van der Waals surface area contributed by atoms with Crippen molar-refractivity contribution in [2.75, 3.05) is 20.1 Å². The molecule has 114 valence electrons. The summed E-state index contributed by atoms with van der Waals surface area (Å²) in [5, 5.41) is 3.47. The Morgan fingerprint density at radius 1 is 1.24 bits per heavy atom. The minimum Gasteiger partial charge on any atom is -0.337 e. The molecule has 1 atom stereocenters. The third-order valence-corrected chi connectivity index (χ3v) is 5.19. The molecule has 1 amide bonds. The molecule has 21 heavy (non-hydrogen) atoms. The summed E-state index contributed by atoms with van der Waals surface area (Å²) in [6.07, 6.45) is 7.68. The lowest BCUT2D eigenvalue weighted by Crippen LogP contribution is -2.49. The van der Waals surface area contributed by atoms with Crippen LogP contribution in [-0.2, 0) is 6.42 Å². The van der Waals surface area contributed by atoms with Gasteiger partial charge in [-0.3, -0.25) is 4.79 Å². The first-order valence-corrected chi connectivity index (χ1v) is 8.34. The van der Waals surface area contributed by atoms with Crippen molar-refractivity contribution in [1.82, 2.24) is 10.2 Å². The van der Waals surface area contributed by atoms with E-state index < -0.39 is 0 Å². The highest BCUT2D eigenvalue weighted by Crippen LogP contribution is 2.28. The number of hydrogen-bond donors (Lipinski definition) is 1. The lowest BCUT2D eigenvalue weighted by atomic mass is 9.83. The molecule has 0 radical (unpaired) electrons. The van der Waals surface area contributed by atoms with Crippen molar-refractivity contribution in [2.45, 2.75) is 44.6 Å². The normalized spacial score (nSPS) is 21.2. The van der Waals surface area contributed by atoms with Gasteiger partial charge in [-0.2, -0.15) is 0 Å². The Labute approximate surface area is 127 Å². The van der Waals surface area contributed by atoms with Gasteiger partial charge >= 0.3 is 0 Å². The van der Waals surface area contributed by atoms with E-state index in [9.17, 15) is 4.79 Å². The summed E-state index contributed by atoms with van der Waals surface area (Å²) in [4.78, 5) is 14.7. The Kier molecular flexibility index (Phi) is 4.59. The van der Waals surface area contributed by atoms with E-state index in [4.69, 9.17) is 0 Å². The SMILES string of the molecule is CNC(CN1CCc2ccccc2C1=O)C1CCCCC1. The fraction of sp³-hybridized carbons (Fsp3) is 0.611. The molecule has 3 heteroatoms. The number of amides is 1. The van der Waals surface area contributed by atoms with E-state index in [0.717, 1.165) is 31.0 Å². The predicted octanol–water partition coefficient (Wildman–Crippen LogP) is 2.85. The standard InChI is InChI=1S/C18H26N2O/c1-19-17(15-8-3-2-4-9-15)13-20-12-11-14-7-5-6-10-16(14)18(20)21/h5-7,10,15,17,19H,2-4,8-9,11-13H2,1H3. The van der Waals surface area contributed by atoms with Crippen LogP contribution in [0, 0.1) is 5.92 Å². The molecule has 0 bridgehead atoms. The Balaban J connectivity index is 1.68. The predicted molar refractivity (Wildman–Crippen MR) is 85.5 cm³/mol. The fourth-order valence-electron chi connectivity index (χ4n) is 3.90. The summed E-state index contributed by atoms with van der Waals surface area (Å²) < 4.78 is 0. The molecular formula is C18H26N2O. The minimum absolute atomic E-state index is 0.216. The molecule has 3 rings (SSSR count). The number of carbonyl (C=O) groups excluding carboxylic acids is 1. The van der Waals surface area contributed by atoms with Gasteiger partial charge in [0, 0.05) is 24.7 Å². The number of rotatable bonds is 4. The van der Waals surface area contributed by atoms with Gasteiger partial charge in [0.1, 0.15) is 0 Å². The van der Waals surface area contributed by atoms with E-state index >= 15 is 0 Å². The van der Waals surface area contributed by atoms with Gasteiger partial charge in [0.25, 0.3) is 5.91 Å². The van der Waals surface area contributed by atoms with Gasteiger partial charge in [0.05, 0.1) is 0 Å². The van der Waals surface area contributed by atoms with Crippen LogP contribution in [0.1, 0.15) is 48.0 Å². The summed E-state index contributed by atoms with van der Waals surface area (Å²) in [5.41, 5.74) is 2.11. The molecular weight excluding hydrogens is 260 g/mol. The average molecular weight is 286 g/mol. The van der Waals surface area contributed by atoms with Crippen LogP contribution in [0.5, 0.6) is 0 Å². The maximum absolute atomic E-state index is 12.6. The first-order chi connectivity index (χ1) is 10.3. The van der Waals surface area contributed by atoms with E-state index in [1.807, 2.05) is 25.2 Å². The van der Waals surface area contributed by atoms with E-state index in [-0.39, 0.29) is 5.91 Å². The summed E-state index contributed by atoms with van der Waals surface area (Å²) in [7, 11) is 2.04. The van der Waals surface area contributed by atoms with E-state index in [1.165, 1.54) is 37.7 Å². The second-order valence-corrected chi connectivity index (χ2v) is 6.45. The maximum atomic E-state index is 12.6. The van der Waals surface area contributed by atoms with E-state index in [2.05, 4.69) is 16.3 Å². The second-order valence-electron chi connectivity index (χ2n) is 6.45. The maximum Gasteiger partial charge on any atom is 0.254 e. The molecule has 2 aliphatic rings. The molecule has 1 N–H and O–H groups in total. The monoisotopic (exact) mass is 286 g/mol. The number of benzene rings is 1. The molecule has 0 aromatic heterocycles. The van der Waals surface area contributed by atoms with Crippen molar-refractivity contribution in [3.05, 3.63) is 35.4 Å². The lowest BCUT2D eigenvalue weighted by Gasteiger charge is -2.36. The topological polar surface area (TPSA) is 32.3 Å². The second kappa shape index (κ2) is 6.61. The highest BCUT2D eigenvalue weighted by Gasteiger charge is 2.29. The lowest BCUT2D eigenvalue weighted by molar-refractivity contribution is 0.0700. The van der Waals surface area contributed by atoms with Crippen LogP contribution >= 0.6 is 0 Å². The summed E-state index contributed by atoms with van der Waals surface area (Å²) in [6, 6.07) is 8.50. The number of nitrogens with zero attached hydrogens (tertiary/aromatic N) is 1. The Morgan fingerprint density at radius 3 is 2.76 bits per heavy atom. The summed E-state index contributed by atoms with van der Waals surface area (Å²) in [6.45, 7) is 1.72.